The first-order chi connectivity index (χ1) is 13.3. The van der Waals surface area contributed by atoms with Gasteiger partial charge in [0.15, 0.2) is 0 Å². The fourth-order valence-corrected chi connectivity index (χ4v) is 3.38. The van der Waals surface area contributed by atoms with E-state index in [1.165, 1.54) is 11.1 Å². The summed E-state index contributed by atoms with van der Waals surface area (Å²) in [4.78, 5) is 29.1. The van der Waals surface area contributed by atoms with E-state index >= 15 is 0 Å². The van der Waals surface area contributed by atoms with Crippen LogP contribution in [0.15, 0.2) is 24.3 Å². The summed E-state index contributed by atoms with van der Waals surface area (Å²) >= 11 is 0. The summed E-state index contributed by atoms with van der Waals surface area (Å²) in [6, 6.07) is 7.96. The standard InChI is InChI=1S/C20H34NO6P/c1-2-9-17-11-8-12-18(14-17)10-6-4-3-5-7-13-20(23)21-19(15-22)16-27-28(24,25)26/h8,11-12,14,19,22H,2-7,9-10,13,15-16H2,1H3,(H,21,23)(H2,24,25,26)/t19-/m1/s1. The lowest BCUT2D eigenvalue weighted by Crippen LogP contribution is -2.40. The fraction of sp³-hybridized carbons (Fsp3) is 0.650. The van der Waals surface area contributed by atoms with E-state index < -0.39 is 27.1 Å². The fourth-order valence-electron chi connectivity index (χ4n) is 3.00. The SMILES string of the molecule is CCCc1cccc(CCCCCCCC(=O)N[C@H](CO)COP(=O)(O)O)c1. The smallest absolute Gasteiger partial charge is 0.394 e. The highest BCUT2D eigenvalue weighted by Crippen LogP contribution is 2.35. The number of carbonyl (C=O) groups is 1. The van der Waals surface area contributed by atoms with Crippen LogP contribution in [0.4, 0.5) is 0 Å². The van der Waals surface area contributed by atoms with Crippen LogP contribution in [0.1, 0.15) is 63.0 Å². The van der Waals surface area contributed by atoms with E-state index in [9.17, 15) is 9.36 Å². The summed E-state index contributed by atoms with van der Waals surface area (Å²) in [5.74, 6) is -0.249. The van der Waals surface area contributed by atoms with E-state index in [0.717, 1.165) is 51.4 Å². The molecule has 0 spiro atoms. The predicted octanol–water partition coefficient (Wildman–Crippen LogP) is 3.11. The predicted molar refractivity (Wildman–Crippen MR) is 109 cm³/mol. The van der Waals surface area contributed by atoms with E-state index in [1.807, 2.05) is 0 Å². The Bertz CT molecular complexity index is 618. The summed E-state index contributed by atoms with van der Waals surface area (Å²) in [5, 5.41) is 11.7. The highest BCUT2D eigenvalue weighted by Gasteiger charge is 2.19. The maximum absolute atomic E-state index is 11.8. The van der Waals surface area contributed by atoms with Crippen molar-refractivity contribution in [1.29, 1.82) is 0 Å². The summed E-state index contributed by atoms with van der Waals surface area (Å²) in [6.45, 7) is 1.32. The Balaban J connectivity index is 2.10. The van der Waals surface area contributed by atoms with E-state index in [0.29, 0.717) is 6.42 Å². The maximum Gasteiger partial charge on any atom is 0.469 e. The number of phosphoric acid groups is 1. The Morgan fingerprint density at radius 1 is 1.11 bits per heavy atom. The molecule has 0 aromatic heterocycles. The lowest BCUT2D eigenvalue weighted by molar-refractivity contribution is -0.122. The van der Waals surface area contributed by atoms with Gasteiger partial charge in [-0.15, -0.1) is 0 Å². The first-order valence-electron chi connectivity index (χ1n) is 10.0. The van der Waals surface area contributed by atoms with Gasteiger partial charge in [0, 0.05) is 6.42 Å². The number of carbonyl (C=O) groups excluding carboxylic acids is 1. The molecule has 0 bridgehead atoms. The van der Waals surface area contributed by atoms with Crippen LogP contribution in [0.25, 0.3) is 0 Å². The van der Waals surface area contributed by atoms with Gasteiger partial charge in [-0.05, 0) is 36.8 Å². The monoisotopic (exact) mass is 415 g/mol. The van der Waals surface area contributed by atoms with Gasteiger partial charge in [-0.25, -0.2) is 4.57 Å². The van der Waals surface area contributed by atoms with Gasteiger partial charge in [-0.3, -0.25) is 9.32 Å². The molecule has 0 aliphatic heterocycles. The lowest BCUT2D eigenvalue weighted by atomic mass is 10.0. The van der Waals surface area contributed by atoms with Crippen LogP contribution >= 0.6 is 7.82 Å². The molecule has 0 aliphatic rings. The topological polar surface area (TPSA) is 116 Å². The minimum atomic E-state index is -4.60. The second kappa shape index (κ2) is 13.9. The van der Waals surface area contributed by atoms with Gasteiger partial charge in [0.2, 0.25) is 5.91 Å². The van der Waals surface area contributed by atoms with Crippen LogP contribution in [0.5, 0.6) is 0 Å². The van der Waals surface area contributed by atoms with E-state index in [-0.39, 0.29) is 5.91 Å². The Labute approximate surface area is 167 Å². The minimum absolute atomic E-state index is 0.249. The Kier molecular flexibility index (Phi) is 12.3. The van der Waals surface area contributed by atoms with Crippen LogP contribution < -0.4 is 5.32 Å². The number of unbranched alkanes of at least 4 members (excludes halogenated alkanes) is 4. The number of amides is 1. The molecular weight excluding hydrogens is 381 g/mol. The van der Waals surface area contributed by atoms with Gasteiger partial charge in [0.1, 0.15) is 0 Å². The molecule has 0 saturated carbocycles. The zero-order chi connectivity index (χ0) is 20.8. The third kappa shape index (κ3) is 12.3. The molecular formula is C20H34NO6P. The molecule has 1 aromatic carbocycles. The molecule has 1 rings (SSSR count). The summed E-state index contributed by atoms with van der Waals surface area (Å²) in [7, 11) is -4.60. The molecule has 28 heavy (non-hydrogen) atoms. The normalized spacial score (nSPS) is 12.7. The second-order valence-corrected chi connectivity index (χ2v) is 8.31. The highest BCUT2D eigenvalue weighted by molar-refractivity contribution is 7.46. The Morgan fingerprint density at radius 2 is 1.75 bits per heavy atom. The quantitative estimate of drug-likeness (QED) is 0.258. The number of rotatable bonds is 15. The van der Waals surface area contributed by atoms with Gasteiger partial charge in [0.25, 0.3) is 0 Å². The maximum atomic E-state index is 11.8. The number of hydrogen-bond acceptors (Lipinski definition) is 4. The number of aliphatic hydroxyl groups is 1. The van der Waals surface area contributed by atoms with Gasteiger partial charge in [-0.1, -0.05) is 56.9 Å². The van der Waals surface area contributed by atoms with Gasteiger partial charge < -0.3 is 20.2 Å². The average Bonchev–Trinajstić information content (AvgIpc) is 2.64. The lowest BCUT2D eigenvalue weighted by Gasteiger charge is -2.16. The van der Waals surface area contributed by atoms with Crippen molar-refractivity contribution in [3.63, 3.8) is 0 Å². The molecule has 1 atom stereocenters. The average molecular weight is 415 g/mol. The molecule has 0 aliphatic carbocycles. The van der Waals surface area contributed by atoms with Crippen molar-refractivity contribution in [3.8, 4) is 0 Å². The number of nitrogens with one attached hydrogen (secondary N) is 1. The van der Waals surface area contributed by atoms with E-state index in [4.69, 9.17) is 14.9 Å². The number of aryl methyl sites for hydroxylation is 2. The van der Waals surface area contributed by atoms with Crippen LogP contribution in [-0.2, 0) is 26.7 Å². The van der Waals surface area contributed by atoms with E-state index in [1.54, 1.807) is 0 Å². The van der Waals surface area contributed by atoms with Crippen LogP contribution in [0, 0.1) is 0 Å². The minimum Gasteiger partial charge on any atom is -0.394 e. The molecule has 4 N–H and O–H groups in total. The van der Waals surface area contributed by atoms with Crippen molar-refractivity contribution < 1.29 is 28.8 Å². The van der Waals surface area contributed by atoms with Crippen LogP contribution in [0.3, 0.4) is 0 Å². The van der Waals surface area contributed by atoms with Crippen molar-refractivity contribution >= 4 is 13.7 Å². The highest BCUT2D eigenvalue weighted by atomic mass is 31.2. The zero-order valence-corrected chi connectivity index (χ0v) is 17.6. The van der Waals surface area contributed by atoms with Crippen molar-refractivity contribution in [2.24, 2.45) is 0 Å². The van der Waals surface area contributed by atoms with Crippen LogP contribution in [-0.4, -0.2) is 40.1 Å². The molecule has 0 radical (unpaired) electrons. The second-order valence-electron chi connectivity index (χ2n) is 7.07. The summed E-state index contributed by atoms with van der Waals surface area (Å²) in [5.41, 5.74) is 2.79. The Morgan fingerprint density at radius 3 is 2.39 bits per heavy atom. The van der Waals surface area contributed by atoms with Crippen molar-refractivity contribution in [2.45, 2.75) is 70.8 Å². The van der Waals surface area contributed by atoms with E-state index in [2.05, 4.69) is 41.0 Å². The molecule has 7 nitrogen and oxygen atoms in total. The number of aliphatic hydroxyl groups excluding tert-OH is 1. The summed E-state index contributed by atoms with van der Waals surface area (Å²) in [6.07, 6.45) is 8.70. The van der Waals surface area contributed by atoms with Crippen LogP contribution in [0.2, 0.25) is 0 Å². The third-order valence-electron chi connectivity index (χ3n) is 4.43. The zero-order valence-electron chi connectivity index (χ0n) is 16.7. The van der Waals surface area contributed by atoms with Gasteiger partial charge in [-0.2, -0.15) is 0 Å². The third-order valence-corrected chi connectivity index (χ3v) is 4.91. The first kappa shape index (κ1) is 24.8. The number of benzene rings is 1. The molecule has 1 amide bonds. The molecule has 0 heterocycles. The largest absolute Gasteiger partial charge is 0.469 e. The number of hydrogen-bond donors (Lipinski definition) is 4. The van der Waals surface area contributed by atoms with Crippen molar-refractivity contribution in [2.75, 3.05) is 13.2 Å². The number of phosphoric ester groups is 1. The molecule has 0 unspecified atom stereocenters. The molecule has 160 valence electrons. The van der Waals surface area contributed by atoms with Crippen molar-refractivity contribution in [3.05, 3.63) is 35.4 Å². The Hall–Kier alpha value is -1.24. The van der Waals surface area contributed by atoms with Gasteiger partial charge in [0.05, 0.1) is 19.3 Å². The summed E-state index contributed by atoms with van der Waals surface area (Å²) < 4.78 is 15.0. The molecule has 1 aromatic rings. The van der Waals surface area contributed by atoms with Gasteiger partial charge >= 0.3 is 7.82 Å². The first-order valence-corrected chi connectivity index (χ1v) is 11.5. The molecule has 0 saturated heterocycles. The van der Waals surface area contributed by atoms with Crippen molar-refractivity contribution in [1.82, 2.24) is 5.32 Å². The molecule has 0 fully saturated rings. The molecule has 8 heteroatoms.